The van der Waals surface area contributed by atoms with Gasteiger partial charge in [-0.25, -0.2) is 0 Å². The van der Waals surface area contributed by atoms with Gasteiger partial charge in [-0.3, -0.25) is 9.36 Å². The summed E-state index contributed by atoms with van der Waals surface area (Å²) in [6.07, 6.45) is 60.2. The van der Waals surface area contributed by atoms with Gasteiger partial charge in [0.2, 0.25) is 5.91 Å². The van der Waals surface area contributed by atoms with Crippen LogP contribution in [0.2, 0.25) is 0 Å². The van der Waals surface area contributed by atoms with E-state index in [-0.39, 0.29) is 12.5 Å². The maximum atomic E-state index is 12.9. The highest BCUT2D eigenvalue weighted by Gasteiger charge is 2.23. The minimum absolute atomic E-state index is 0.00767. The quantitative estimate of drug-likeness (QED) is 0.0273. The second-order valence-electron chi connectivity index (χ2n) is 18.9. The molecule has 0 fully saturated rings. The first-order valence-corrected chi connectivity index (χ1v) is 27.6. The third-order valence-corrected chi connectivity index (χ3v) is 12.4. The number of nitrogens with one attached hydrogen (secondary N) is 1. The van der Waals surface area contributed by atoms with Crippen LogP contribution in [0, 0.1) is 0 Å². The van der Waals surface area contributed by atoms with Crippen molar-refractivity contribution in [2.45, 2.75) is 238 Å². The molecule has 0 rings (SSSR count). The molecule has 9 heteroatoms. The fourth-order valence-corrected chi connectivity index (χ4v) is 8.02. The number of hydrogen-bond donors (Lipinski definition) is 2. The second kappa shape index (κ2) is 45.4. The van der Waals surface area contributed by atoms with Gasteiger partial charge in [0.05, 0.1) is 39.9 Å². The molecule has 0 aliphatic carbocycles. The Morgan fingerprint density at radius 2 is 0.937 bits per heavy atom. The van der Waals surface area contributed by atoms with E-state index in [2.05, 4.69) is 67.8 Å². The molecule has 8 nitrogen and oxygen atoms in total. The van der Waals surface area contributed by atoms with Crippen molar-refractivity contribution < 1.29 is 32.9 Å². The van der Waals surface area contributed by atoms with E-state index in [4.69, 9.17) is 9.05 Å². The number of carbonyl (C=O) groups is 1. The van der Waals surface area contributed by atoms with Crippen LogP contribution in [0.3, 0.4) is 0 Å². The third-order valence-electron chi connectivity index (χ3n) is 11.4. The smallest absolute Gasteiger partial charge is 0.268 e. The Hall–Kier alpha value is -1.80. The van der Waals surface area contributed by atoms with Crippen LogP contribution in [-0.4, -0.2) is 68.5 Å². The zero-order valence-corrected chi connectivity index (χ0v) is 42.7. The molecule has 0 spiro atoms. The number of hydrogen-bond acceptors (Lipinski definition) is 6. The van der Waals surface area contributed by atoms with Crippen molar-refractivity contribution in [3.63, 3.8) is 0 Å². The van der Waals surface area contributed by atoms with Crippen molar-refractivity contribution in [1.82, 2.24) is 5.32 Å². The summed E-state index contributed by atoms with van der Waals surface area (Å²) in [5, 5.41) is 13.7. The second-order valence-corrected chi connectivity index (χ2v) is 20.3. The molecular weight excluding hydrogens is 804 g/mol. The molecule has 0 radical (unpaired) electrons. The molecule has 368 valence electrons. The Balaban J connectivity index is 4.05. The fraction of sp³-hybridized carbons (Fsp3) is 0.796. The van der Waals surface area contributed by atoms with Crippen LogP contribution in [0.15, 0.2) is 60.8 Å². The SMILES string of the molecule is CCCCCC/C=C/CC/C=C/C(O)C(COP(=O)([O-])OCC[N+](C)(C)C)NC(=O)CCCCCCCCCCCCCCCCCC/C=C\C/C=C\C/C=C\CCCCCCC. The largest absolute Gasteiger partial charge is 0.756 e. The predicted octanol–water partition coefficient (Wildman–Crippen LogP) is 14.7. The fourth-order valence-electron chi connectivity index (χ4n) is 7.29. The summed E-state index contributed by atoms with van der Waals surface area (Å²) < 4.78 is 23.2. The third kappa shape index (κ3) is 48.0. The maximum absolute atomic E-state index is 12.9. The molecular formula is C54H101N2O6P. The Morgan fingerprint density at radius 3 is 1.41 bits per heavy atom. The number of phosphoric ester groups is 1. The summed E-state index contributed by atoms with van der Waals surface area (Å²) in [6.45, 7) is 4.57. The number of aliphatic hydroxyl groups excluding tert-OH is 1. The van der Waals surface area contributed by atoms with E-state index >= 15 is 0 Å². The number of phosphoric acid groups is 1. The van der Waals surface area contributed by atoms with E-state index in [1.807, 2.05) is 27.2 Å². The number of unbranched alkanes of at least 4 members (excludes halogenated alkanes) is 26. The van der Waals surface area contributed by atoms with Gasteiger partial charge in [-0.2, -0.15) is 0 Å². The van der Waals surface area contributed by atoms with Gasteiger partial charge in [-0.15, -0.1) is 0 Å². The highest BCUT2D eigenvalue weighted by molar-refractivity contribution is 7.45. The normalized spacial score (nSPS) is 14.6. The van der Waals surface area contributed by atoms with Crippen LogP contribution < -0.4 is 10.2 Å². The summed E-state index contributed by atoms with van der Waals surface area (Å²) in [5.41, 5.74) is 0. The molecule has 0 aromatic heterocycles. The van der Waals surface area contributed by atoms with E-state index in [0.717, 1.165) is 51.4 Å². The van der Waals surface area contributed by atoms with Crippen LogP contribution in [0.25, 0.3) is 0 Å². The molecule has 2 N–H and O–H groups in total. The molecule has 0 saturated heterocycles. The zero-order valence-electron chi connectivity index (χ0n) is 41.8. The number of likely N-dealkylation sites (N-methyl/N-ethyl adjacent to an activating group) is 1. The molecule has 0 bridgehead atoms. The first kappa shape index (κ1) is 61.2. The van der Waals surface area contributed by atoms with Crippen molar-refractivity contribution in [1.29, 1.82) is 0 Å². The molecule has 63 heavy (non-hydrogen) atoms. The molecule has 3 atom stereocenters. The van der Waals surface area contributed by atoms with Gasteiger partial charge < -0.3 is 28.8 Å². The zero-order chi connectivity index (χ0) is 46.4. The molecule has 0 aromatic rings. The summed E-state index contributed by atoms with van der Waals surface area (Å²) in [4.78, 5) is 25.3. The maximum Gasteiger partial charge on any atom is 0.268 e. The number of amides is 1. The van der Waals surface area contributed by atoms with E-state index in [9.17, 15) is 19.4 Å². The Kier molecular flexibility index (Phi) is 44.1. The Labute approximate surface area is 390 Å². The van der Waals surface area contributed by atoms with Crippen LogP contribution in [-0.2, 0) is 18.4 Å². The molecule has 0 aliphatic heterocycles. The molecule has 1 amide bonds. The average Bonchev–Trinajstić information content (AvgIpc) is 3.24. The minimum Gasteiger partial charge on any atom is -0.756 e. The molecule has 3 unspecified atom stereocenters. The van der Waals surface area contributed by atoms with Crippen LogP contribution >= 0.6 is 7.82 Å². The summed E-state index contributed by atoms with van der Waals surface area (Å²) in [6, 6.07) is -0.902. The highest BCUT2D eigenvalue weighted by Crippen LogP contribution is 2.38. The van der Waals surface area contributed by atoms with Gasteiger partial charge in [0.1, 0.15) is 13.2 Å². The average molecular weight is 905 g/mol. The molecule has 0 heterocycles. The number of allylic oxidation sites excluding steroid dienone is 9. The van der Waals surface area contributed by atoms with Crippen LogP contribution in [0.5, 0.6) is 0 Å². The van der Waals surface area contributed by atoms with E-state index < -0.39 is 26.6 Å². The highest BCUT2D eigenvalue weighted by atomic mass is 31.2. The van der Waals surface area contributed by atoms with Gasteiger partial charge in [0.25, 0.3) is 7.82 Å². The minimum atomic E-state index is -4.59. The van der Waals surface area contributed by atoms with Crippen molar-refractivity contribution in [2.24, 2.45) is 0 Å². The van der Waals surface area contributed by atoms with Crippen LogP contribution in [0.4, 0.5) is 0 Å². The van der Waals surface area contributed by atoms with E-state index in [1.54, 1.807) is 6.08 Å². The first-order chi connectivity index (χ1) is 30.5. The van der Waals surface area contributed by atoms with Gasteiger partial charge in [0.15, 0.2) is 0 Å². The van der Waals surface area contributed by atoms with Gasteiger partial charge >= 0.3 is 0 Å². The van der Waals surface area contributed by atoms with Gasteiger partial charge in [0, 0.05) is 6.42 Å². The number of nitrogens with zero attached hydrogens (tertiary/aromatic N) is 1. The molecule has 0 aromatic carbocycles. The molecule has 0 aliphatic rings. The Morgan fingerprint density at radius 1 is 0.556 bits per heavy atom. The van der Waals surface area contributed by atoms with E-state index in [0.29, 0.717) is 17.4 Å². The standard InChI is InChI=1S/C54H101N2O6P/c1-6-8-10-12-14-16-18-19-20-21-22-23-24-25-26-27-28-29-30-31-32-33-34-35-36-37-38-40-42-44-46-48-54(58)55-52(51-62-63(59,60)61-50-49-56(3,4)5)53(57)47-45-43-41-39-17-15-13-11-9-7-2/h17-19,21-22,24-25,39,45,47,52-53,57H,6-16,20,23,26-38,40-44,46,48-51H2,1-5H3,(H-,55,58,59,60)/b19-18-,22-21-,25-24-,39-17+,47-45+. The van der Waals surface area contributed by atoms with Crippen molar-refractivity contribution in [3.8, 4) is 0 Å². The number of rotatable bonds is 47. The lowest BCUT2D eigenvalue weighted by molar-refractivity contribution is -0.870. The lowest BCUT2D eigenvalue weighted by atomic mass is 10.0. The lowest BCUT2D eigenvalue weighted by Gasteiger charge is -2.29. The molecule has 0 saturated carbocycles. The van der Waals surface area contributed by atoms with Crippen molar-refractivity contribution in [2.75, 3.05) is 40.9 Å². The lowest BCUT2D eigenvalue weighted by Crippen LogP contribution is -2.45. The van der Waals surface area contributed by atoms with Gasteiger partial charge in [-0.1, -0.05) is 209 Å². The number of aliphatic hydroxyl groups is 1. The van der Waals surface area contributed by atoms with Crippen molar-refractivity contribution in [3.05, 3.63) is 60.8 Å². The van der Waals surface area contributed by atoms with Crippen molar-refractivity contribution >= 4 is 13.7 Å². The van der Waals surface area contributed by atoms with Gasteiger partial charge in [-0.05, 0) is 70.6 Å². The summed E-state index contributed by atoms with van der Waals surface area (Å²) in [5.74, 6) is -0.210. The van der Waals surface area contributed by atoms with E-state index in [1.165, 1.54) is 154 Å². The first-order valence-electron chi connectivity index (χ1n) is 26.2. The predicted molar refractivity (Wildman–Crippen MR) is 270 cm³/mol. The topological polar surface area (TPSA) is 108 Å². The number of carbonyl (C=O) groups excluding carboxylic acids is 1. The Bertz CT molecular complexity index is 1210. The summed E-state index contributed by atoms with van der Waals surface area (Å²) >= 11 is 0. The van der Waals surface area contributed by atoms with Crippen LogP contribution in [0.1, 0.15) is 226 Å². The number of quaternary nitrogens is 1. The summed E-state index contributed by atoms with van der Waals surface area (Å²) in [7, 11) is 1.24. The monoisotopic (exact) mass is 905 g/mol.